The van der Waals surface area contributed by atoms with Gasteiger partial charge in [-0.05, 0) is 83.3 Å². The van der Waals surface area contributed by atoms with Crippen molar-refractivity contribution in [1.29, 1.82) is 0 Å². The maximum Gasteiger partial charge on any atom is -0.000741 e. The molecule has 8 rings (SSSR count). The molecule has 0 aliphatic heterocycles. The molecule has 0 fully saturated rings. The molecule has 0 nitrogen and oxygen atoms in total. The van der Waals surface area contributed by atoms with Crippen LogP contribution in [0.4, 0.5) is 0 Å². The number of benzene rings is 6. The largest absolute Gasteiger partial charge is 0.0622 e. The van der Waals surface area contributed by atoms with Crippen LogP contribution in [0.1, 0.15) is 33.4 Å². The van der Waals surface area contributed by atoms with Gasteiger partial charge in [-0.3, -0.25) is 0 Å². The first-order valence-corrected chi connectivity index (χ1v) is 12.5. The molecule has 6 aromatic carbocycles. The quantitative estimate of drug-likeness (QED) is 0.229. The molecule has 0 heteroatoms. The lowest BCUT2D eigenvalue weighted by atomic mass is 9.88. The molecule has 0 unspecified atom stereocenters. The van der Waals surface area contributed by atoms with E-state index in [1.54, 1.807) is 0 Å². The van der Waals surface area contributed by atoms with Crippen molar-refractivity contribution >= 4 is 43.8 Å². The number of hydrogen-bond donors (Lipinski definition) is 0. The van der Waals surface area contributed by atoms with Crippen LogP contribution in [0.5, 0.6) is 0 Å². The van der Waals surface area contributed by atoms with Gasteiger partial charge >= 0.3 is 0 Å². The lowest BCUT2D eigenvalue weighted by Crippen LogP contribution is -1.93. The van der Waals surface area contributed by atoms with E-state index in [-0.39, 0.29) is 0 Å². The highest BCUT2D eigenvalue weighted by atomic mass is 14.4. The van der Waals surface area contributed by atoms with Gasteiger partial charge in [0.15, 0.2) is 0 Å². The Balaban J connectivity index is 1.57. The van der Waals surface area contributed by atoms with Crippen molar-refractivity contribution in [2.75, 3.05) is 0 Å². The molecule has 0 spiro atoms. The summed E-state index contributed by atoms with van der Waals surface area (Å²) in [7, 11) is 0. The zero-order valence-electron chi connectivity index (χ0n) is 19.7. The summed E-state index contributed by atoms with van der Waals surface area (Å²) in [5.74, 6) is 0. The third kappa shape index (κ3) is 2.59. The Bertz CT molecular complexity index is 1920. The Morgan fingerprint density at radius 1 is 0.278 bits per heavy atom. The third-order valence-corrected chi connectivity index (χ3v) is 7.78. The Labute approximate surface area is 210 Å². The third-order valence-electron chi connectivity index (χ3n) is 7.78. The molecule has 0 N–H and O–H groups in total. The molecular formula is C36H22. The predicted octanol–water partition coefficient (Wildman–Crippen LogP) is 9.24. The Morgan fingerprint density at radius 3 is 1.44 bits per heavy atom. The molecule has 0 atom stereocenters. The zero-order chi connectivity index (χ0) is 23.6. The SMILES string of the molecule is c1ccc(C2=C3C(=C(c4cc5ccccc5c5ccccc45)c4ccccc43)c3ccccc32)cc1. The molecule has 36 heavy (non-hydrogen) atoms. The molecule has 6 aromatic rings. The van der Waals surface area contributed by atoms with Crippen LogP contribution in [0.15, 0.2) is 133 Å². The maximum absolute atomic E-state index is 2.41. The minimum Gasteiger partial charge on any atom is -0.0622 e. The number of allylic oxidation sites excluding steroid dienone is 2. The van der Waals surface area contributed by atoms with Gasteiger partial charge in [0, 0.05) is 0 Å². The average molecular weight is 455 g/mol. The molecule has 0 heterocycles. The van der Waals surface area contributed by atoms with Gasteiger partial charge in [-0.2, -0.15) is 0 Å². The lowest BCUT2D eigenvalue weighted by molar-refractivity contribution is 1.53. The van der Waals surface area contributed by atoms with Gasteiger partial charge in [0.2, 0.25) is 0 Å². The Morgan fingerprint density at radius 2 is 0.750 bits per heavy atom. The van der Waals surface area contributed by atoms with E-state index in [9.17, 15) is 0 Å². The first-order valence-electron chi connectivity index (χ1n) is 12.5. The van der Waals surface area contributed by atoms with E-state index in [1.807, 2.05) is 0 Å². The van der Waals surface area contributed by atoms with Crippen molar-refractivity contribution in [3.8, 4) is 0 Å². The van der Waals surface area contributed by atoms with Crippen LogP contribution in [-0.4, -0.2) is 0 Å². The second-order valence-corrected chi connectivity index (χ2v) is 9.65. The molecule has 0 saturated carbocycles. The summed E-state index contributed by atoms with van der Waals surface area (Å²) >= 11 is 0. The van der Waals surface area contributed by atoms with Crippen LogP contribution in [0.3, 0.4) is 0 Å². The van der Waals surface area contributed by atoms with E-state index >= 15 is 0 Å². The molecule has 166 valence electrons. The van der Waals surface area contributed by atoms with Gasteiger partial charge in [0.05, 0.1) is 0 Å². The van der Waals surface area contributed by atoms with Crippen LogP contribution >= 0.6 is 0 Å². The summed E-state index contributed by atoms with van der Waals surface area (Å²) in [6, 6.07) is 48.8. The second-order valence-electron chi connectivity index (χ2n) is 9.65. The summed E-state index contributed by atoms with van der Waals surface area (Å²) in [4.78, 5) is 0. The summed E-state index contributed by atoms with van der Waals surface area (Å²) < 4.78 is 0. The smallest absolute Gasteiger partial charge is 0.000741 e. The van der Waals surface area contributed by atoms with Gasteiger partial charge in [-0.15, -0.1) is 0 Å². The van der Waals surface area contributed by atoms with Crippen molar-refractivity contribution < 1.29 is 0 Å². The van der Waals surface area contributed by atoms with Crippen LogP contribution in [0.2, 0.25) is 0 Å². The number of rotatable bonds is 2. The van der Waals surface area contributed by atoms with Crippen molar-refractivity contribution in [1.82, 2.24) is 0 Å². The van der Waals surface area contributed by atoms with E-state index in [0.717, 1.165) is 0 Å². The Hall–Kier alpha value is -4.68. The standard InChI is InChI=1S/C36H22/c1-2-12-23(13-3-1)33-28-18-8-10-20-30(28)36-34(29-19-9-11-21-31(29)35(33)36)32-22-24-14-4-5-15-25(24)26-16-6-7-17-27(26)32/h1-22H. The molecule has 2 aliphatic carbocycles. The molecule has 0 saturated heterocycles. The molecule has 0 bridgehead atoms. The summed E-state index contributed by atoms with van der Waals surface area (Å²) in [6.07, 6.45) is 0. The van der Waals surface area contributed by atoms with Gasteiger partial charge in [-0.1, -0.05) is 127 Å². The number of fused-ring (bicyclic) bond motifs is 8. The van der Waals surface area contributed by atoms with Gasteiger partial charge < -0.3 is 0 Å². The van der Waals surface area contributed by atoms with Crippen LogP contribution < -0.4 is 0 Å². The van der Waals surface area contributed by atoms with Crippen molar-refractivity contribution in [2.24, 2.45) is 0 Å². The average Bonchev–Trinajstić information content (AvgIpc) is 3.46. The summed E-state index contributed by atoms with van der Waals surface area (Å²) in [6.45, 7) is 0. The number of hydrogen-bond acceptors (Lipinski definition) is 0. The first-order chi connectivity index (χ1) is 17.9. The minimum absolute atomic E-state index is 1.27. The molecule has 0 radical (unpaired) electrons. The van der Waals surface area contributed by atoms with Crippen LogP contribution in [-0.2, 0) is 0 Å². The first kappa shape index (κ1) is 19.6. The zero-order valence-corrected chi connectivity index (χ0v) is 19.7. The highest BCUT2D eigenvalue weighted by Crippen LogP contribution is 2.59. The fraction of sp³-hybridized carbons (Fsp3) is 0. The van der Waals surface area contributed by atoms with Gasteiger partial charge in [0.1, 0.15) is 0 Å². The van der Waals surface area contributed by atoms with Crippen molar-refractivity contribution in [3.05, 3.63) is 167 Å². The molecule has 2 aliphatic rings. The predicted molar refractivity (Wildman–Crippen MR) is 153 cm³/mol. The van der Waals surface area contributed by atoms with Gasteiger partial charge in [0.25, 0.3) is 0 Å². The summed E-state index contributed by atoms with van der Waals surface area (Å²) in [5, 5.41) is 5.20. The fourth-order valence-corrected chi connectivity index (χ4v) is 6.34. The van der Waals surface area contributed by atoms with Crippen LogP contribution in [0, 0.1) is 0 Å². The van der Waals surface area contributed by atoms with E-state index in [2.05, 4.69) is 133 Å². The second kappa shape index (κ2) is 7.41. The van der Waals surface area contributed by atoms with E-state index in [4.69, 9.17) is 0 Å². The Kier molecular flexibility index (Phi) is 4.03. The van der Waals surface area contributed by atoms with Crippen LogP contribution in [0.25, 0.3) is 43.8 Å². The summed E-state index contributed by atoms with van der Waals surface area (Å²) in [5.41, 5.74) is 13.3. The van der Waals surface area contributed by atoms with Crippen molar-refractivity contribution in [2.45, 2.75) is 0 Å². The van der Waals surface area contributed by atoms with E-state index < -0.39 is 0 Å². The highest BCUT2D eigenvalue weighted by Gasteiger charge is 2.37. The fourth-order valence-electron chi connectivity index (χ4n) is 6.34. The van der Waals surface area contributed by atoms with Gasteiger partial charge in [-0.25, -0.2) is 0 Å². The topological polar surface area (TPSA) is 0 Å². The highest BCUT2D eigenvalue weighted by molar-refractivity contribution is 6.36. The normalized spacial score (nSPS) is 13.9. The molecule has 0 amide bonds. The van der Waals surface area contributed by atoms with Crippen molar-refractivity contribution in [3.63, 3.8) is 0 Å². The maximum atomic E-state index is 2.41. The van der Waals surface area contributed by atoms with E-state index in [0.29, 0.717) is 0 Å². The minimum atomic E-state index is 1.27. The molecule has 0 aromatic heterocycles. The molecular weight excluding hydrogens is 432 g/mol. The van der Waals surface area contributed by atoms with E-state index in [1.165, 1.54) is 77.2 Å². The monoisotopic (exact) mass is 454 g/mol. The lowest BCUT2D eigenvalue weighted by Gasteiger charge is -2.15.